The van der Waals surface area contributed by atoms with Crippen LogP contribution in [0.4, 0.5) is 5.69 Å². The lowest BCUT2D eigenvalue weighted by molar-refractivity contribution is -0.123. The van der Waals surface area contributed by atoms with Crippen LogP contribution >= 0.6 is 0 Å². The third-order valence-electron chi connectivity index (χ3n) is 3.84. The fourth-order valence-electron chi connectivity index (χ4n) is 2.21. The number of nitrogens with one attached hydrogen (secondary N) is 1. The van der Waals surface area contributed by atoms with Crippen LogP contribution < -0.4 is 10.1 Å². The number of amides is 1. The van der Waals surface area contributed by atoms with Crippen LogP contribution in [-0.2, 0) is 9.53 Å². The number of hydrogen-bond donors (Lipinski definition) is 1. The molecule has 0 aliphatic carbocycles. The molecule has 0 spiro atoms. The highest BCUT2D eigenvalue weighted by Crippen LogP contribution is 2.20. The number of methoxy groups -OCH3 is 1. The number of aryl methyl sites for hydroxylation is 1. The number of carbonyl (C=O) groups is 2. The van der Waals surface area contributed by atoms with E-state index in [1.54, 1.807) is 24.3 Å². The number of hydrogen-bond acceptors (Lipinski definition) is 4. The highest BCUT2D eigenvalue weighted by atomic mass is 16.5. The van der Waals surface area contributed by atoms with Gasteiger partial charge in [0.2, 0.25) is 0 Å². The summed E-state index contributed by atoms with van der Waals surface area (Å²) in [5, 5.41) is 2.79. The van der Waals surface area contributed by atoms with Gasteiger partial charge in [-0.3, -0.25) is 4.79 Å². The summed E-state index contributed by atoms with van der Waals surface area (Å²) in [6.07, 6.45) is -0.928. The summed E-state index contributed by atoms with van der Waals surface area (Å²) in [4.78, 5) is 24.5. The second kappa shape index (κ2) is 7.64. The summed E-state index contributed by atoms with van der Waals surface area (Å²) in [5.74, 6) is -0.576. The van der Waals surface area contributed by atoms with Gasteiger partial charge in [-0.15, -0.1) is 0 Å². The molecule has 5 heteroatoms. The Balaban J connectivity index is 2.06. The summed E-state index contributed by atoms with van der Waals surface area (Å²) >= 11 is 0. The van der Waals surface area contributed by atoms with E-state index in [2.05, 4.69) is 5.32 Å². The molecule has 0 heterocycles. The van der Waals surface area contributed by atoms with Crippen LogP contribution in [0.3, 0.4) is 0 Å². The molecule has 24 heavy (non-hydrogen) atoms. The highest BCUT2D eigenvalue weighted by molar-refractivity contribution is 5.98. The van der Waals surface area contributed by atoms with Crippen LogP contribution in [0, 0.1) is 13.8 Å². The maximum absolute atomic E-state index is 12.3. The van der Waals surface area contributed by atoms with Crippen molar-refractivity contribution < 1.29 is 19.1 Å². The second-order valence-electron chi connectivity index (χ2n) is 5.48. The minimum absolute atomic E-state index is 0.284. The topological polar surface area (TPSA) is 64.6 Å². The number of para-hydroxylation sites is 1. The van der Waals surface area contributed by atoms with Crippen molar-refractivity contribution in [2.24, 2.45) is 0 Å². The van der Waals surface area contributed by atoms with Crippen molar-refractivity contribution in [3.05, 3.63) is 59.2 Å². The predicted octanol–water partition coefficient (Wildman–Crippen LogP) is 3.50. The van der Waals surface area contributed by atoms with E-state index < -0.39 is 12.1 Å². The molecule has 0 saturated carbocycles. The molecule has 0 fully saturated rings. The Hall–Kier alpha value is -2.82. The van der Waals surface area contributed by atoms with Gasteiger partial charge in [0.1, 0.15) is 11.3 Å². The monoisotopic (exact) mass is 327 g/mol. The van der Waals surface area contributed by atoms with E-state index >= 15 is 0 Å². The molecule has 1 amide bonds. The average molecular weight is 327 g/mol. The number of ether oxygens (including phenoxy) is 2. The lowest BCUT2D eigenvalue weighted by Crippen LogP contribution is -2.30. The lowest BCUT2D eigenvalue weighted by atomic mass is 10.1. The average Bonchev–Trinajstić information content (AvgIpc) is 2.58. The number of benzene rings is 2. The third-order valence-corrected chi connectivity index (χ3v) is 3.84. The lowest BCUT2D eigenvalue weighted by Gasteiger charge is -2.16. The normalized spacial score (nSPS) is 11.5. The fraction of sp³-hybridized carbons (Fsp3) is 0.263. The van der Waals surface area contributed by atoms with Gasteiger partial charge in [-0.05, 0) is 50.1 Å². The zero-order chi connectivity index (χ0) is 17.7. The van der Waals surface area contributed by atoms with Gasteiger partial charge in [0.05, 0.1) is 7.11 Å². The summed E-state index contributed by atoms with van der Waals surface area (Å²) in [7, 11) is 1.47. The molecule has 0 aliphatic heterocycles. The Kier molecular flexibility index (Phi) is 5.58. The van der Waals surface area contributed by atoms with Crippen molar-refractivity contribution in [3.8, 4) is 5.75 Å². The standard InChI is InChI=1S/C19H21NO4/c1-12-8-7-10-16(13(12)2)20-18(21)14(3)24-19(22)15-9-5-6-11-17(15)23-4/h5-11,14H,1-4H3,(H,20,21)/t14-/m1/s1. The van der Waals surface area contributed by atoms with E-state index in [0.717, 1.165) is 11.1 Å². The van der Waals surface area contributed by atoms with Gasteiger partial charge in [0.15, 0.2) is 6.10 Å². The molecule has 0 radical (unpaired) electrons. The Bertz CT molecular complexity index is 755. The van der Waals surface area contributed by atoms with Crippen molar-refractivity contribution in [1.29, 1.82) is 0 Å². The molecule has 5 nitrogen and oxygen atoms in total. The third kappa shape index (κ3) is 3.93. The maximum Gasteiger partial charge on any atom is 0.342 e. The minimum atomic E-state index is -0.928. The SMILES string of the molecule is COc1ccccc1C(=O)O[C@H](C)C(=O)Nc1cccc(C)c1C. The fourth-order valence-corrected chi connectivity index (χ4v) is 2.21. The molecule has 1 N–H and O–H groups in total. The first-order valence-electron chi connectivity index (χ1n) is 7.65. The van der Waals surface area contributed by atoms with Crippen molar-refractivity contribution in [1.82, 2.24) is 0 Å². The van der Waals surface area contributed by atoms with Gasteiger partial charge < -0.3 is 14.8 Å². The van der Waals surface area contributed by atoms with Crippen LogP contribution in [0.25, 0.3) is 0 Å². The molecular weight excluding hydrogens is 306 g/mol. The largest absolute Gasteiger partial charge is 0.496 e. The predicted molar refractivity (Wildman–Crippen MR) is 92.4 cm³/mol. The van der Waals surface area contributed by atoms with Gasteiger partial charge in [-0.25, -0.2) is 4.79 Å². The molecule has 2 aromatic rings. The quantitative estimate of drug-likeness (QED) is 0.854. The highest BCUT2D eigenvalue weighted by Gasteiger charge is 2.21. The minimum Gasteiger partial charge on any atom is -0.496 e. The first kappa shape index (κ1) is 17.5. The van der Waals surface area contributed by atoms with Gasteiger partial charge in [-0.2, -0.15) is 0 Å². The number of carbonyl (C=O) groups excluding carboxylic acids is 2. The Morgan fingerprint density at radius 3 is 2.46 bits per heavy atom. The molecule has 1 atom stereocenters. The first-order chi connectivity index (χ1) is 11.4. The number of esters is 1. The van der Waals surface area contributed by atoms with E-state index in [1.807, 2.05) is 32.0 Å². The van der Waals surface area contributed by atoms with Gasteiger partial charge >= 0.3 is 5.97 Å². The Morgan fingerprint density at radius 2 is 1.75 bits per heavy atom. The Labute approximate surface area is 141 Å². The van der Waals surface area contributed by atoms with E-state index in [-0.39, 0.29) is 11.5 Å². The molecular formula is C19H21NO4. The maximum atomic E-state index is 12.3. The Morgan fingerprint density at radius 1 is 1.04 bits per heavy atom. The zero-order valence-corrected chi connectivity index (χ0v) is 14.3. The van der Waals surface area contributed by atoms with Crippen LogP contribution in [0.2, 0.25) is 0 Å². The van der Waals surface area contributed by atoms with Gasteiger partial charge in [0.25, 0.3) is 5.91 Å². The first-order valence-corrected chi connectivity index (χ1v) is 7.65. The molecule has 2 rings (SSSR count). The number of anilines is 1. The summed E-state index contributed by atoms with van der Waals surface area (Å²) in [6, 6.07) is 12.4. The van der Waals surface area contributed by atoms with Crippen LogP contribution in [0.15, 0.2) is 42.5 Å². The zero-order valence-electron chi connectivity index (χ0n) is 14.3. The molecule has 0 aromatic heterocycles. The van der Waals surface area contributed by atoms with Crippen molar-refractivity contribution in [3.63, 3.8) is 0 Å². The molecule has 0 unspecified atom stereocenters. The molecule has 0 bridgehead atoms. The van der Waals surface area contributed by atoms with Gasteiger partial charge in [0, 0.05) is 5.69 Å². The van der Waals surface area contributed by atoms with E-state index in [9.17, 15) is 9.59 Å². The van der Waals surface area contributed by atoms with Gasteiger partial charge in [-0.1, -0.05) is 24.3 Å². The molecule has 0 aliphatic rings. The van der Waals surface area contributed by atoms with E-state index in [4.69, 9.17) is 9.47 Å². The van der Waals surface area contributed by atoms with E-state index in [1.165, 1.54) is 14.0 Å². The van der Waals surface area contributed by atoms with Crippen LogP contribution in [0.1, 0.15) is 28.4 Å². The summed E-state index contributed by atoms with van der Waals surface area (Å²) < 4.78 is 10.4. The summed E-state index contributed by atoms with van der Waals surface area (Å²) in [5.41, 5.74) is 3.05. The molecule has 0 saturated heterocycles. The van der Waals surface area contributed by atoms with Crippen LogP contribution in [0.5, 0.6) is 5.75 Å². The molecule has 2 aromatic carbocycles. The van der Waals surface area contributed by atoms with E-state index in [0.29, 0.717) is 11.4 Å². The second-order valence-corrected chi connectivity index (χ2v) is 5.48. The van der Waals surface area contributed by atoms with Crippen LogP contribution in [-0.4, -0.2) is 25.1 Å². The van der Waals surface area contributed by atoms with Crippen molar-refractivity contribution >= 4 is 17.6 Å². The smallest absolute Gasteiger partial charge is 0.342 e. The molecule has 126 valence electrons. The number of rotatable bonds is 5. The van der Waals surface area contributed by atoms with Crippen molar-refractivity contribution in [2.45, 2.75) is 26.9 Å². The van der Waals surface area contributed by atoms with Crippen molar-refractivity contribution in [2.75, 3.05) is 12.4 Å². The summed E-state index contributed by atoms with van der Waals surface area (Å²) in [6.45, 7) is 5.43.